The summed E-state index contributed by atoms with van der Waals surface area (Å²) in [6.45, 7) is 18.8. The first-order valence-electron chi connectivity index (χ1n) is 12.0. The number of amides is 1. The van der Waals surface area contributed by atoms with Crippen LogP contribution in [-0.4, -0.2) is 46.3 Å². The minimum absolute atomic E-state index is 0.445. The van der Waals surface area contributed by atoms with Crippen molar-refractivity contribution in [2.24, 2.45) is 0 Å². The third-order valence-corrected chi connectivity index (χ3v) is 7.36. The van der Waals surface area contributed by atoms with Crippen LogP contribution in [0.5, 0.6) is 0 Å². The minimum atomic E-state index is -0.684. The zero-order valence-electron chi connectivity index (χ0n) is 22.7. The van der Waals surface area contributed by atoms with Crippen molar-refractivity contribution in [2.75, 3.05) is 5.32 Å². The molecular weight excluding hydrogens is 479 g/mol. The van der Waals surface area contributed by atoms with Gasteiger partial charge in [-0.3, -0.25) is 5.32 Å². The van der Waals surface area contributed by atoms with Gasteiger partial charge in [0.2, 0.25) is 0 Å². The highest BCUT2D eigenvalue weighted by Gasteiger charge is 2.52. The van der Waals surface area contributed by atoms with Crippen LogP contribution in [0.4, 0.5) is 15.3 Å². The summed E-state index contributed by atoms with van der Waals surface area (Å²) in [6.07, 6.45) is 0.436. The summed E-state index contributed by atoms with van der Waals surface area (Å²) in [7, 11) is -0.615. The lowest BCUT2D eigenvalue weighted by atomic mass is 9.76. The largest absolute Gasteiger partial charge is 0.495 e. The maximum absolute atomic E-state index is 13.1. The Bertz CT molecular complexity index is 1330. The zero-order valence-corrected chi connectivity index (χ0v) is 23.5. The molecule has 1 aromatic carbocycles. The monoisotopic (exact) mass is 514 g/mol. The first-order chi connectivity index (χ1) is 16.4. The Morgan fingerprint density at radius 3 is 2.08 bits per heavy atom. The molecule has 1 aliphatic rings. The number of ether oxygens (including phenoxy) is 2. The molecule has 0 atom stereocenters. The summed E-state index contributed by atoms with van der Waals surface area (Å²) in [5, 5.41) is 4.40. The Balaban J connectivity index is 1.91. The van der Waals surface area contributed by atoms with E-state index < -0.39 is 41.7 Å². The Morgan fingerprint density at radius 2 is 1.53 bits per heavy atom. The van der Waals surface area contributed by atoms with E-state index in [9.17, 15) is 9.59 Å². The Morgan fingerprint density at radius 1 is 0.944 bits per heavy atom. The molecule has 2 aromatic heterocycles. The van der Waals surface area contributed by atoms with E-state index in [0.717, 1.165) is 15.5 Å². The second-order valence-electron chi connectivity index (χ2n) is 12.1. The van der Waals surface area contributed by atoms with Crippen LogP contribution >= 0.6 is 11.3 Å². The Kier molecular flexibility index (Phi) is 6.26. The van der Waals surface area contributed by atoms with Crippen molar-refractivity contribution >= 4 is 62.1 Å². The molecular formula is C26H35BN2O6S. The quantitative estimate of drug-likeness (QED) is 0.405. The fourth-order valence-corrected chi connectivity index (χ4v) is 5.17. The standard InChI is InChI=1S/C26H35BN2O6S/c1-23(2,3)32-21(30)28-16-14-29(22(31)33-24(4,5)6)20-19(16)18-15(12-11-13-17(18)36-20)27-34-25(7,8)26(9,10)35-27/h11-14H,1-10H3,(H,28,30). The highest BCUT2D eigenvalue weighted by atomic mass is 32.1. The second-order valence-corrected chi connectivity index (χ2v) is 13.1. The maximum Gasteiger partial charge on any atom is 0.495 e. The Hall–Kier alpha value is -2.56. The highest BCUT2D eigenvalue weighted by molar-refractivity contribution is 7.26. The second kappa shape index (κ2) is 8.50. The Labute approximate surface area is 216 Å². The van der Waals surface area contributed by atoms with Crippen LogP contribution in [0.25, 0.3) is 20.3 Å². The third kappa shape index (κ3) is 4.99. The molecule has 0 bridgehead atoms. The summed E-state index contributed by atoms with van der Waals surface area (Å²) in [5.74, 6) is 0. The molecule has 3 aromatic rings. The number of nitrogens with zero attached hydrogens (tertiary/aromatic N) is 1. The molecule has 0 saturated carbocycles. The van der Waals surface area contributed by atoms with E-state index in [4.69, 9.17) is 18.8 Å². The lowest BCUT2D eigenvalue weighted by molar-refractivity contribution is 0.00578. The molecule has 194 valence electrons. The summed E-state index contributed by atoms with van der Waals surface area (Å²) in [6, 6.07) is 5.88. The number of anilines is 1. The van der Waals surface area contributed by atoms with Gasteiger partial charge in [0.1, 0.15) is 16.0 Å². The molecule has 1 amide bonds. The van der Waals surface area contributed by atoms with E-state index in [1.807, 2.05) is 66.7 Å². The first-order valence-corrected chi connectivity index (χ1v) is 12.9. The number of hydrogen-bond donors (Lipinski definition) is 1. The molecule has 36 heavy (non-hydrogen) atoms. The normalized spacial score (nSPS) is 17.6. The van der Waals surface area contributed by atoms with E-state index in [1.54, 1.807) is 27.0 Å². The van der Waals surface area contributed by atoms with Gasteiger partial charge in [-0.1, -0.05) is 12.1 Å². The van der Waals surface area contributed by atoms with Crippen molar-refractivity contribution < 1.29 is 28.4 Å². The van der Waals surface area contributed by atoms with E-state index in [0.29, 0.717) is 15.9 Å². The van der Waals surface area contributed by atoms with Gasteiger partial charge in [0.05, 0.1) is 16.9 Å². The van der Waals surface area contributed by atoms with Crippen LogP contribution < -0.4 is 10.8 Å². The highest BCUT2D eigenvalue weighted by Crippen LogP contribution is 2.42. The molecule has 1 fully saturated rings. The molecule has 8 nitrogen and oxygen atoms in total. The van der Waals surface area contributed by atoms with Crippen LogP contribution in [-0.2, 0) is 18.8 Å². The van der Waals surface area contributed by atoms with E-state index >= 15 is 0 Å². The fourth-order valence-electron chi connectivity index (χ4n) is 3.96. The molecule has 0 radical (unpaired) electrons. The van der Waals surface area contributed by atoms with Crippen molar-refractivity contribution in [3.63, 3.8) is 0 Å². The van der Waals surface area contributed by atoms with E-state index in [2.05, 4.69) is 5.32 Å². The van der Waals surface area contributed by atoms with Gasteiger partial charge in [0.25, 0.3) is 0 Å². The molecule has 1 aliphatic heterocycles. The number of aromatic nitrogens is 1. The number of hydrogen-bond acceptors (Lipinski definition) is 7. The van der Waals surface area contributed by atoms with Crippen LogP contribution in [0.15, 0.2) is 24.4 Å². The number of thiophene rings is 1. The number of nitrogens with one attached hydrogen (secondary N) is 1. The first kappa shape index (κ1) is 26.5. The summed E-state index contributed by atoms with van der Waals surface area (Å²) >= 11 is 1.44. The molecule has 3 heterocycles. The van der Waals surface area contributed by atoms with Gasteiger partial charge in [0.15, 0.2) is 0 Å². The predicted octanol–water partition coefficient (Wildman–Crippen LogP) is 6.29. The topological polar surface area (TPSA) is 88.0 Å². The van der Waals surface area contributed by atoms with Crippen LogP contribution in [0.3, 0.4) is 0 Å². The third-order valence-electron chi connectivity index (χ3n) is 6.21. The lowest BCUT2D eigenvalue weighted by Gasteiger charge is -2.32. The van der Waals surface area contributed by atoms with Crippen molar-refractivity contribution in [2.45, 2.75) is 91.6 Å². The van der Waals surface area contributed by atoms with E-state index in [1.165, 1.54) is 15.9 Å². The number of fused-ring (bicyclic) bond motifs is 3. The smallest absolute Gasteiger partial charge is 0.444 e. The number of carbonyl (C=O) groups is 2. The van der Waals surface area contributed by atoms with Gasteiger partial charge >= 0.3 is 19.3 Å². The zero-order chi connectivity index (χ0) is 26.8. The number of benzene rings is 1. The molecule has 0 unspecified atom stereocenters. The van der Waals surface area contributed by atoms with Gasteiger partial charge in [0, 0.05) is 21.7 Å². The molecule has 10 heteroatoms. The van der Waals surface area contributed by atoms with Crippen LogP contribution in [0.2, 0.25) is 0 Å². The van der Waals surface area contributed by atoms with Gasteiger partial charge in [-0.25, -0.2) is 14.2 Å². The minimum Gasteiger partial charge on any atom is -0.444 e. The summed E-state index contributed by atoms with van der Waals surface area (Å²) in [5.41, 5.74) is -1.13. The maximum atomic E-state index is 13.1. The SMILES string of the molecule is CC(C)(C)OC(=O)Nc1cn(C(=O)OC(C)(C)C)c2sc3cccc(B4OC(C)(C)C(C)(C)O4)c3c12. The van der Waals surface area contributed by atoms with Crippen molar-refractivity contribution in [1.29, 1.82) is 0 Å². The van der Waals surface area contributed by atoms with Gasteiger partial charge in [-0.2, -0.15) is 0 Å². The van der Waals surface area contributed by atoms with Crippen molar-refractivity contribution in [1.82, 2.24) is 4.57 Å². The average molecular weight is 514 g/mol. The number of carbonyl (C=O) groups excluding carboxylic acids is 2. The van der Waals surface area contributed by atoms with E-state index in [-0.39, 0.29) is 0 Å². The van der Waals surface area contributed by atoms with Crippen LogP contribution in [0, 0.1) is 0 Å². The molecule has 0 aliphatic carbocycles. The molecule has 4 rings (SSSR count). The molecule has 1 saturated heterocycles. The van der Waals surface area contributed by atoms with Crippen LogP contribution in [0.1, 0.15) is 69.2 Å². The predicted molar refractivity (Wildman–Crippen MR) is 145 cm³/mol. The average Bonchev–Trinajstić information content (AvgIpc) is 3.27. The fraction of sp³-hybridized carbons (Fsp3) is 0.538. The molecule has 1 N–H and O–H groups in total. The van der Waals surface area contributed by atoms with Gasteiger partial charge in [-0.05, 0) is 80.8 Å². The van der Waals surface area contributed by atoms with Crippen molar-refractivity contribution in [3.8, 4) is 0 Å². The summed E-state index contributed by atoms with van der Waals surface area (Å²) < 4.78 is 26.2. The summed E-state index contributed by atoms with van der Waals surface area (Å²) in [4.78, 5) is 26.5. The number of rotatable bonds is 2. The van der Waals surface area contributed by atoms with Gasteiger partial charge in [-0.15, -0.1) is 11.3 Å². The lowest BCUT2D eigenvalue weighted by Crippen LogP contribution is -2.41. The molecule has 0 spiro atoms. The van der Waals surface area contributed by atoms with Gasteiger partial charge < -0.3 is 18.8 Å². The van der Waals surface area contributed by atoms with Crippen molar-refractivity contribution in [3.05, 3.63) is 24.4 Å².